The summed E-state index contributed by atoms with van der Waals surface area (Å²) >= 11 is 11.2. The van der Waals surface area contributed by atoms with E-state index in [2.05, 4.69) is 0 Å². The van der Waals surface area contributed by atoms with Gasteiger partial charge in [0, 0.05) is 0 Å². The lowest BCUT2D eigenvalue weighted by Crippen LogP contribution is -2.10. The molecule has 0 radical (unpaired) electrons. The second kappa shape index (κ2) is 5.60. The predicted octanol–water partition coefficient (Wildman–Crippen LogP) is 3.19. The topological polar surface area (TPSA) is 34.1 Å². The molecule has 1 rings (SSSR count). The summed E-state index contributed by atoms with van der Waals surface area (Å²) in [6.45, 7) is 1.65. The summed E-state index contributed by atoms with van der Waals surface area (Å²) in [4.78, 5) is 10.8. The summed E-state index contributed by atoms with van der Waals surface area (Å²) in [6.07, 6.45) is 0.238. The standard InChI is InChI=1S/C10H10Cl2O2P/c1-7(10(12)13)6-15(14)9-5-3-2-4-8(9)11/h2-5,7H,6H2,1H3/q+1. The Morgan fingerprint density at radius 3 is 2.60 bits per heavy atom. The number of hydrogen-bond acceptors (Lipinski definition) is 2. The third-order valence-electron chi connectivity index (χ3n) is 1.95. The Bertz CT molecular complexity index is 393. The number of carbonyl (C=O) groups is 1. The first-order valence-electron chi connectivity index (χ1n) is 4.41. The quantitative estimate of drug-likeness (QED) is 0.618. The van der Waals surface area contributed by atoms with Gasteiger partial charge in [-0.15, -0.1) is 0 Å². The van der Waals surface area contributed by atoms with Crippen LogP contribution in [0.25, 0.3) is 0 Å². The molecule has 0 aliphatic rings. The minimum absolute atomic E-state index is 0.238. The van der Waals surface area contributed by atoms with E-state index in [9.17, 15) is 9.36 Å². The number of halogens is 2. The SMILES string of the molecule is CC(C[P+](=O)c1ccccc1Cl)C(=O)Cl. The Hall–Kier alpha value is -0.430. The second-order valence-electron chi connectivity index (χ2n) is 3.22. The molecule has 0 aromatic heterocycles. The lowest BCUT2D eigenvalue weighted by atomic mass is 10.2. The highest BCUT2D eigenvalue weighted by Crippen LogP contribution is 2.27. The Labute approximate surface area is 99.4 Å². The average molecular weight is 264 g/mol. The van der Waals surface area contributed by atoms with Crippen molar-refractivity contribution < 1.29 is 9.36 Å². The molecule has 2 atom stereocenters. The highest BCUT2D eigenvalue weighted by atomic mass is 35.5. The molecule has 0 saturated heterocycles. The third kappa shape index (κ3) is 3.57. The normalized spacial score (nSPS) is 13.4. The summed E-state index contributed by atoms with van der Waals surface area (Å²) in [6, 6.07) is 6.91. The summed E-state index contributed by atoms with van der Waals surface area (Å²) in [5.74, 6) is -0.411. The van der Waals surface area contributed by atoms with Gasteiger partial charge >= 0.3 is 7.80 Å². The maximum Gasteiger partial charge on any atom is 0.379 e. The van der Waals surface area contributed by atoms with Gasteiger partial charge in [-0.25, -0.2) is 0 Å². The third-order valence-corrected chi connectivity index (χ3v) is 4.59. The maximum absolute atomic E-state index is 11.8. The van der Waals surface area contributed by atoms with Gasteiger partial charge in [0.2, 0.25) is 10.5 Å². The van der Waals surface area contributed by atoms with Crippen molar-refractivity contribution in [3.63, 3.8) is 0 Å². The molecule has 80 valence electrons. The highest BCUT2D eigenvalue weighted by molar-refractivity contribution is 7.53. The second-order valence-corrected chi connectivity index (χ2v) is 5.60. The molecule has 0 aliphatic carbocycles. The van der Waals surface area contributed by atoms with Crippen molar-refractivity contribution in [3.8, 4) is 0 Å². The molecule has 5 heteroatoms. The van der Waals surface area contributed by atoms with Crippen LogP contribution in [0.3, 0.4) is 0 Å². The number of rotatable bonds is 4. The van der Waals surface area contributed by atoms with E-state index in [0.717, 1.165) is 0 Å². The molecule has 0 spiro atoms. The Balaban J connectivity index is 2.78. The Morgan fingerprint density at radius 1 is 1.47 bits per heavy atom. The van der Waals surface area contributed by atoms with Crippen LogP contribution in [0.1, 0.15) is 6.92 Å². The first-order chi connectivity index (χ1) is 7.02. The zero-order valence-corrected chi connectivity index (χ0v) is 10.5. The molecule has 1 aromatic rings. The van der Waals surface area contributed by atoms with E-state index in [0.29, 0.717) is 10.3 Å². The van der Waals surface area contributed by atoms with Crippen molar-refractivity contribution in [1.29, 1.82) is 0 Å². The predicted molar refractivity (Wildman–Crippen MR) is 63.6 cm³/mol. The molecule has 2 nitrogen and oxygen atoms in total. The van der Waals surface area contributed by atoms with Crippen LogP contribution in [0.4, 0.5) is 0 Å². The minimum Gasteiger partial charge on any atom is -0.281 e. The maximum atomic E-state index is 11.8. The van der Waals surface area contributed by atoms with Gasteiger partial charge in [-0.2, -0.15) is 0 Å². The van der Waals surface area contributed by atoms with E-state index in [1.165, 1.54) is 0 Å². The average Bonchev–Trinajstić information content (AvgIpc) is 2.18. The molecular formula is C10H10Cl2O2P+. The molecule has 0 N–H and O–H groups in total. The van der Waals surface area contributed by atoms with Gasteiger partial charge in [0.25, 0.3) is 0 Å². The summed E-state index contributed by atoms with van der Waals surface area (Å²) in [5, 5.41) is 0.581. The number of carbonyl (C=O) groups excluding carboxylic acids is 1. The van der Waals surface area contributed by atoms with Crippen LogP contribution < -0.4 is 5.30 Å². The first kappa shape index (κ1) is 12.6. The van der Waals surface area contributed by atoms with Gasteiger partial charge in [-0.05, 0) is 23.7 Å². The van der Waals surface area contributed by atoms with Gasteiger partial charge in [-0.3, -0.25) is 4.79 Å². The van der Waals surface area contributed by atoms with Crippen molar-refractivity contribution in [2.75, 3.05) is 6.16 Å². The molecule has 2 unspecified atom stereocenters. The number of hydrogen-bond donors (Lipinski definition) is 0. The van der Waals surface area contributed by atoms with E-state index in [1.54, 1.807) is 31.2 Å². The molecule has 1 aromatic carbocycles. The number of benzene rings is 1. The lowest BCUT2D eigenvalue weighted by molar-refractivity contribution is -0.114. The van der Waals surface area contributed by atoms with E-state index in [1.807, 2.05) is 0 Å². The molecule has 0 amide bonds. The van der Waals surface area contributed by atoms with Gasteiger partial charge in [0.15, 0.2) is 6.16 Å². The fourth-order valence-corrected chi connectivity index (χ4v) is 3.10. The monoisotopic (exact) mass is 263 g/mol. The van der Waals surface area contributed by atoms with E-state index >= 15 is 0 Å². The minimum atomic E-state index is -1.66. The Morgan fingerprint density at radius 2 is 2.07 bits per heavy atom. The van der Waals surface area contributed by atoms with Crippen molar-refractivity contribution in [1.82, 2.24) is 0 Å². The van der Waals surface area contributed by atoms with E-state index < -0.39 is 19.0 Å². The van der Waals surface area contributed by atoms with Gasteiger partial charge in [-0.1, -0.05) is 35.2 Å². The van der Waals surface area contributed by atoms with Crippen LogP contribution in [0.15, 0.2) is 24.3 Å². The zero-order valence-electron chi connectivity index (χ0n) is 8.11. The molecule has 0 aliphatic heterocycles. The van der Waals surface area contributed by atoms with Gasteiger partial charge < -0.3 is 0 Å². The van der Waals surface area contributed by atoms with Crippen LogP contribution in [-0.2, 0) is 9.36 Å². The summed E-state index contributed by atoms with van der Waals surface area (Å²) < 4.78 is 11.8. The highest BCUT2D eigenvalue weighted by Gasteiger charge is 2.28. The van der Waals surface area contributed by atoms with Crippen LogP contribution in [-0.4, -0.2) is 11.4 Å². The summed E-state index contributed by atoms with van der Waals surface area (Å²) in [5.41, 5.74) is 0. The van der Waals surface area contributed by atoms with Crippen LogP contribution in [0, 0.1) is 5.92 Å². The van der Waals surface area contributed by atoms with Gasteiger partial charge in [0.1, 0.15) is 0 Å². The zero-order chi connectivity index (χ0) is 11.4. The summed E-state index contributed by atoms with van der Waals surface area (Å²) in [7, 11) is -1.66. The lowest BCUT2D eigenvalue weighted by Gasteiger charge is -1.97. The van der Waals surface area contributed by atoms with Crippen molar-refractivity contribution >= 4 is 41.5 Å². The smallest absolute Gasteiger partial charge is 0.281 e. The van der Waals surface area contributed by atoms with Crippen LogP contribution in [0.5, 0.6) is 0 Å². The largest absolute Gasteiger partial charge is 0.379 e. The molecule has 0 fully saturated rings. The van der Waals surface area contributed by atoms with Crippen molar-refractivity contribution in [2.45, 2.75) is 6.92 Å². The van der Waals surface area contributed by atoms with Crippen molar-refractivity contribution in [3.05, 3.63) is 29.3 Å². The van der Waals surface area contributed by atoms with Crippen LogP contribution >= 0.6 is 31.0 Å². The first-order valence-corrected chi connectivity index (χ1v) is 6.61. The van der Waals surface area contributed by atoms with Crippen LogP contribution in [0.2, 0.25) is 5.02 Å². The fraction of sp³-hybridized carbons (Fsp3) is 0.300. The molecule has 0 bridgehead atoms. The van der Waals surface area contributed by atoms with E-state index in [-0.39, 0.29) is 6.16 Å². The fourth-order valence-electron chi connectivity index (χ4n) is 1.07. The van der Waals surface area contributed by atoms with Gasteiger partial charge in [0.05, 0.1) is 10.9 Å². The molecular weight excluding hydrogens is 254 g/mol. The van der Waals surface area contributed by atoms with Crippen molar-refractivity contribution in [2.24, 2.45) is 5.92 Å². The molecule has 0 saturated carbocycles. The molecule has 0 heterocycles. The molecule has 15 heavy (non-hydrogen) atoms. The Kier molecular flexibility index (Phi) is 4.72. The van der Waals surface area contributed by atoms with E-state index in [4.69, 9.17) is 23.2 Å².